The molecular weight excluding hydrogens is 229 g/mol. The van der Waals surface area contributed by atoms with E-state index in [-0.39, 0.29) is 17.3 Å². The Morgan fingerprint density at radius 1 is 1.25 bits per heavy atom. The molecule has 1 N–H and O–H groups in total. The van der Waals surface area contributed by atoms with E-state index < -0.39 is 0 Å². The fourth-order valence-corrected chi connectivity index (χ4v) is 1.74. The van der Waals surface area contributed by atoms with E-state index in [4.69, 9.17) is 11.6 Å². The summed E-state index contributed by atoms with van der Waals surface area (Å²) in [5, 5.41) is 0. The average Bonchev–Trinajstić information content (AvgIpc) is 2.30. The van der Waals surface area contributed by atoms with Gasteiger partial charge in [0, 0.05) is 23.7 Å². The standard InChI is InChI=1S/C12H9ClFNO/c13-6-9-5-12(16)15-7-11(9)8-1-3-10(14)4-2-8/h1-5,7H,6H2,(H,15,16). The topological polar surface area (TPSA) is 32.9 Å². The zero-order chi connectivity index (χ0) is 11.5. The van der Waals surface area contributed by atoms with E-state index in [0.29, 0.717) is 0 Å². The van der Waals surface area contributed by atoms with Gasteiger partial charge in [-0.15, -0.1) is 11.6 Å². The van der Waals surface area contributed by atoms with E-state index >= 15 is 0 Å². The van der Waals surface area contributed by atoms with Gasteiger partial charge in [0.2, 0.25) is 5.56 Å². The Morgan fingerprint density at radius 2 is 1.94 bits per heavy atom. The monoisotopic (exact) mass is 237 g/mol. The van der Waals surface area contributed by atoms with E-state index in [0.717, 1.165) is 16.7 Å². The predicted octanol–water partition coefficient (Wildman–Crippen LogP) is 2.92. The highest BCUT2D eigenvalue weighted by molar-refractivity contribution is 6.17. The van der Waals surface area contributed by atoms with Gasteiger partial charge < -0.3 is 4.98 Å². The molecule has 2 aromatic rings. The van der Waals surface area contributed by atoms with Crippen molar-refractivity contribution >= 4 is 11.6 Å². The lowest BCUT2D eigenvalue weighted by atomic mass is 10.0. The molecule has 0 saturated carbocycles. The summed E-state index contributed by atoms with van der Waals surface area (Å²) in [7, 11) is 0. The molecule has 0 spiro atoms. The summed E-state index contributed by atoms with van der Waals surface area (Å²) in [6.07, 6.45) is 1.59. The molecule has 0 saturated heterocycles. The number of aromatic nitrogens is 1. The van der Waals surface area contributed by atoms with Crippen molar-refractivity contribution in [2.24, 2.45) is 0 Å². The molecule has 2 nitrogen and oxygen atoms in total. The molecule has 82 valence electrons. The highest BCUT2D eigenvalue weighted by atomic mass is 35.5. The summed E-state index contributed by atoms with van der Waals surface area (Å²) in [6, 6.07) is 7.50. The molecule has 0 bridgehead atoms. The highest BCUT2D eigenvalue weighted by Crippen LogP contribution is 2.23. The minimum absolute atomic E-state index is 0.193. The van der Waals surface area contributed by atoms with E-state index in [9.17, 15) is 9.18 Å². The number of benzene rings is 1. The molecule has 0 unspecified atom stereocenters. The average molecular weight is 238 g/mol. The minimum Gasteiger partial charge on any atom is -0.328 e. The molecule has 0 aliphatic rings. The van der Waals surface area contributed by atoms with Gasteiger partial charge in [0.05, 0.1) is 0 Å². The molecule has 1 heterocycles. The smallest absolute Gasteiger partial charge is 0.248 e. The quantitative estimate of drug-likeness (QED) is 0.801. The van der Waals surface area contributed by atoms with Crippen molar-refractivity contribution in [1.29, 1.82) is 0 Å². The Morgan fingerprint density at radius 3 is 2.56 bits per heavy atom. The Hall–Kier alpha value is -1.61. The van der Waals surface area contributed by atoms with Crippen LogP contribution in [0.4, 0.5) is 4.39 Å². The second kappa shape index (κ2) is 4.49. The van der Waals surface area contributed by atoms with Crippen molar-refractivity contribution in [3.05, 3.63) is 58.3 Å². The van der Waals surface area contributed by atoms with Crippen molar-refractivity contribution < 1.29 is 4.39 Å². The van der Waals surface area contributed by atoms with Crippen molar-refractivity contribution in [2.75, 3.05) is 0 Å². The third-order valence-electron chi connectivity index (χ3n) is 2.31. The lowest BCUT2D eigenvalue weighted by molar-refractivity contribution is 0.628. The number of hydrogen-bond donors (Lipinski definition) is 1. The number of H-pyrrole nitrogens is 1. The summed E-state index contributed by atoms with van der Waals surface area (Å²) in [5.74, 6) is -0.0445. The van der Waals surface area contributed by atoms with Crippen LogP contribution < -0.4 is 5.56 Å². The second-order valence-corrected chi connectivity index (χ2v) is 3.64. The third kappa shape index (κ3) is 2.14. The first-order valence-electron chi connectivity index (χ1n) is 4.74. The van der Waals surface area contributed by atoms with Crippen LogP contribution in [0, 0.1) is 5.82 Å². The van der Waals surface area contributed by atoms with Gasteiger partial charge in [0.25, 0.3) is 0 Å². The fraction of sp³-hybridized carbons (Fsp3) is 0.0833. The van der Waals surface area contributed by atoms with Gasteiger partial charge in [-0.25, -0.2) is 4.39 Å². The lowest BCUT2D eigenvalue weighted by Crippen LogP contribution is -2.05. The maximum Gasteiger partial charge on any atom is 0.248 e. The molecule has 0 amide bonds. The van der Waals surface area contributed by atoms with Crippen molar-refractivity contribution in [3.63, 3.8) is 0 Å². The number of alkyl halides is 1. The number of nitrogens with one attached hydrogen (secondary N) is 1. The zero-order valence-electron chi connectivity index (χ0n) is 8.34. The highest BCUT2D eigenvalue weighted by Gasteiger charge is 2.05. The van der Waals surface area contributed by atoms with Gasteiger partial charge in [-0.3, -0.25) is 4.79 Å². The molecule has 4 heteroatoms. The normalized spacial score (nSPS) is 10.4. The van der Waals surface area contributed by atoms with Gasteiger partial charge in [-0.2, -0.15) is 0 Å². The summed E-state index contributed by atoms with van der Waals surface area (Å²) in [5.41, 5.74) is 2.18. The van der Waals surface area contributed by atoms with Crippen LogP contribution in [0.3, 0.4) is 0 Å². The Labute approximate surface area is 96.7 Å². The van der Waals surface area contributed by atoms with E-state index in [1.807, 2.05) is 0 Å². The molecule has 0 fully saturated rings. The lowest BCUT2D eigenvalue weighted by Gasteiger charge is -2.06. The SMILES string of the molecule is O=c1cc(CCl)c(-c2ccc(F)cc2)c[nH]1. The fourth-order valence-electron chi connectivity index (χ4n) is 1.52. The summed E-state index contributed by atoms with van der Waals surface area (Å²) < 4.78 is 12.8. The molecular formula is C12H9ClFNO. The predicted molar refractivity (Wildman–Crippen MR) is 62.0 cm³/mol. The summed E-state index contributed by atoms with van der Waals surface area (Å²) >= 11 is 5.76. The van der Waals surface area contributed by atoms with E-state index in [1.165, 1.54) is 18.2 Å². The van der Waals surface area contributed by atoms with Crippen LogP contribution >= 0.6 is 11.6 Å². The van der Waals surface area contributed by atoms with Crippen LogP contribution in [0.1, 0.15) is 5.56 Å². The van der Waals surface area contributed by atoms with Crippen molar-refractivity contribution in [3.8, 4) is 11.1 Å². The van der Waals surface area contributed by atoms with Gasteiger partial charge in [0.15, 0.2) is 0 Å². The molecule has 0 aliphatic heterocycles. The number of aromatic amines is 1. The van der Waals surface area contributed by atoms with Gasteiger partial charge in [-0.05, 0) is 23.3 Å². The Balaban J connectivity index is 2.55. The van der Waals surface area contributed by atoms with Crippen LogP contribution in [-0.2, 0) is 5.88 Å². The number of hydrogen-bond acceptors (Lipinski definition) is 1. The van der Waals surface area contributed by atoms with Gasteiger partial charge in [0.1, 0.15) is 5.82 Å². The first kappa shape index (κ1) is 10.9. The second-order valence-electron chi connectivity index (χ2n) is 3.38. The first-order chi connectivity index (χ1) is 7.70. The largest absolute Gasteiger partial charge is 0.328 e. The van der Waals surface area contributed by atoms with Crippen LogP contribution in [0.25, 0.3) is 11.1 Å². The molecule has 0 radical (unpaired) electrons. The van der Waals surface area contributed by atoms with Crippen LogP contribution in [0.2, 0.25) is 0 Å². The van der Waals surface area contributed by atoms with Crippen LogP contribution in [-0.4, -0.2) is 4.98 Å². The minimum atomic E-state index is -0.291. The Kier molecular flexibility index (Phi) is 3.06. The molecule has 1 aromatic heterocycles. The zero-order valence-corrected chi connectivity index (χ0v) is 9.09. The van der Waals surface area contributed by atoms with Gasteiger partial charge in [-0.1, -0.05) is 12.1 Å². The number of rotatable bonds is 2. The molecule has 16 heavy (non-hydrogen) atoms. The summed E-state index contributed by atoms with van der Waals surface area (Å²) in [6.45, 7) is 0. The number of halogens is 2. The van der Waals surface area contributed by atoms with Gasteiger partial charge >= 0.3 is 0 Å². The van der Waals surface area contributed by atoms with E-state index in [1.54, 1.807) is 18.3 Å². The molecule has 2 rings (SSSR count). The first-order valence-corrected chi connectivity index (χ1v) is 5.27. The molecule has 1 aromatic carbocycles. The third-order valence-corrected chi connectivity index (χ3v) is 2.60. The van der Waals surface area contributed by atoms with Crippen molar-refractivity contribution in [1.82, 2.24) is 4.98 Å². The summed E-state index contributed by atoms with van der Waals surface area (Å²) in [4.78, 5) is 13.7. The maximum atomic E-state index is 12.8. The van der Waals surface area contributed by atoms with Crippen LogP contribution in [0.15, 0.2) is 41.3 Å². The Bertz CT molecular complexity index is 548. The maximum absolute atomic E-state index is 12.8. The van der Waals surface area contributed by atoms with E-state index in [2.05, 4.69) is 4.98 Å². The van der Waals surface area contributed by atoms with Crippen molar-refractivity contribution in [2.45, 2.75) is 5.88 Å². The number of pyridine rings is 1. The molecule has 0 aliphatic carbocycles. The molecule has 0 atom stereocenters. The van der Waals surface area contributed by atoms with Crippen LogP contribution in [0.5, 0.6) is 0 Å².